The van der Waals surface area contributed by atoms with Crippen molar-refractivity contribution < 1.29 is 41.7 Å². The van der Waals surface area contributed by atoms with Gasteiger partial charge in [0.2, 0.25) is 0 Å². The lowest BCUT2D eigenvalue weighted by Crippen LogP contribution is -2.68. The highest BCUT2D eigenvalue weighted by Crippen LogP contribution is 2.38. The summed E-state index contributed by atoms with van der Waals surface area (Å²) in [6, 6.07) is 45.0. The lowest BCUT2D eigenvalue weighted by Gasteiger charge is -2.47. The summed E-state index contributed by atoms with van der Waals surface area (Å²) in [5, 5.41) is 13.4. The molecule has 0 bridgehead atoms. The zero-order valence-corrected chi connectivity index (χ0v) is 33.8. The molecule has 5 aromatic rings. The first-order valence-corrected chi connectivity index (χ1v) is 22.0. The van der Waals surface area contributed by atoms with Crippen molar-refractivity contribution >= 4 is 34.8 Å². The van der Waals surface area contributed by atoms with E-state index < -0.39 is 55.1 Å². The molecule has 294 valence electrons. The topological polar surface area (TPSA) is 130 Å². The largest absolute Gasteiger partial charge is 0.440 e. The summed E-state index contributed by atoms with van der Waals surface area (Å²) < 4.78 is 61.0. The van der Waals surface area contributed by atoms with Gasteiger partial charge in [0.25, 0.3) is 18.3 Å². The van der Waals surface area contributed by atoms with E-state index in [0.717, 1.165) is 27.1 Å². The number of carbonyl (C=O) groups is 1. The molecule has 1 saturated heterocycles. The predicted molar refractivity (Wildman–Crippen MR) is 216 cm³/mol. The van der Waals surface area contributed by atoms with Gasteiger partial charge < -0.3 is 28.5 Å². The second kappa shape index (κ2) is 18.1. The molecule has 1 aliphatic rings. The zero-order chi connectivity index (χ0) is 39.8. The van der Waals surface area contributed by atoms with E-state index in [2.05, 4.69) is 45.0 Å². The van der Waals surface area contributed by atoms with Crippen LogP contribution in [0.3, 0.4) is 0 Å². The van der Waals surface area contributed by atoms with Crippen molar-refractivity contribution in [3.63, 3.8) is 0 Å². The van der Waals surface area contributed by atoms with Crippen LogP contribution in [0.15, 0.2) is 150 Å². The molecular weight excluding hydrogens is 747 g/mol. The third kappa shape index (κ3) is 9.64. The van der Waals surface area contributed by atoms with Crippen LogP contribution < -0.4 is 15.1 Å². The van der Waals surface area contributed by atoms with Crippen LogP contribution in [0.2, 0.25) is 5.04 Å². The Labute approximate surface area is 330 Å². The number of aliphatic hydroxyl groups excluding tert-OH is 1. The Bertz CT molecular complexity index is 2060. The maximum Gasteiger partial charge on any atom is 0.421 e. The number of hydrogen-bond donors (Lipinski definition) is 2. The molecule has 0 spiro atoms. The number of amides is 1. The first kappa shape index (κ1) is 41.0. The minimum Gasteiger partial charge on any atom is -0.440 e. The molecule has 0 saturated carbocycles. The molecule has 5 atom stereocenters. The molecule has 0 radical (unpaired) electrons. The second-order valence-corrected chi connectivity index (χ2v) is 20.8. The van der Waals surface area contributed by atoms with Crippen LogP contribution in [0.25, 0.3) is 0 Å². The van der Waals surface area contributed by atoms with Crippen molar-refractivity contribution in [3.05, 3.63) is 162 Å². The van der Waals surface area contributed by atoms with Gasteiger partial charge in [0.05, 0.1) is 24.7 Å². The van der Waals surface area contributed by atoms with E-state index in [1.54, 1.807) is 12.1 Å². The molecular formula is C44H49NO9SSi. The van der Waals surface area contributed by atoms with Gasteiger partial charge in [0.1, 0.15) is 18.3 Å². The Morgan fingerprint density at radius 1 is 0.696 bits per heavy atom. The Morgan fingerprint density at radius 3 is 1.64 bits per heavy atom. The third-order valence-corrected chi connectivity index (χ3v) is 16.2. The second-order valence-electron chi connectivity index (χ2n) is 14.9. The standard InChI is InChI=1S/C44H49NO9SSi/c1-32-25-27-35(28-26-32)55(48,49)45-43(47)54-40-39(50-29-33-17-9-5-10-18-33)38(53-42(46)41(40)51-30-34-19-11-6-12-20-34)31-52-56(44(2,3)4,36-21-13-7-14-22-36)37-23-15-8-16-24-37/h5-28,38-42,46H,29-31H2,1-4H3,(H,45,47)/t38-,39-,40+,41-,42?/m1/s1. The van der Waals surface area contributed by atoms with Gasteiger partial charge in [-0.1, -0.05) is 160 Å². The van der Waals surface area contributed by atoms with E-state index in [1.807, 2.05) is 109 Å². The Kier molecular flexibility index (Phi) is 13.2. The van der Waals surface area contributed by atoms with Gasteiger partial charge in [0.15, 0.2) is 12.4 Å². The highest BCUT2D eigenvalue weighted by atomic mass is 32.2. The third-order valence-electron chi connectivity index (χ3n) is 9.85. The fraction of sp³-hybridized carbons (Fsp3) is 0.295. The normalized spacial score (nSPS) is 20.3. The van der Waals surface area contributed by atoms with Gasteiger partial charge in [-0.2, -0.15) is 0 Å². The molecule has 1 amide bonds. The molecule has 10 nitrogen and oxygen atoms in total. The Hall–Kier alpha value is -4.66. The molecule has 0 aromatic heterocycles. The molecule has 5 aromatic carbocycles. The smallest absolute Gasteiger partial charge is 0.421 e. The Morgan fingerprint density at radius 2 is 1.16 bits per heavy atom. The highest BCUT2D eigenvalue weighted by molar-refractivity contribution is 7.90. The van der Waals surface area contributed by atoms with Crippen LogP contribution in [-0.2, 0) is 46.6 Å². The van der Waals surface area contributed by atoms with Crippen LogP contribution in [0.4, 0.5) is 4.79 Å². The van der Waals surface area contributed by atoms with Crippen LogP contribution >= 0.6 is 0 Å². The fourth-order valence-corrected chi connectivity index (χ4v) is 12.5. The average molecular weight is 796 g/mol. The number of benzene rings is 5. The van der Waals surface area contributed by atoms with Gasteiger partial charge in [-0.3, -0.25) is 0 Å². The molecule has 2 N–H and O–H groups in total. The summed E-state index contributed by atoms with van der Waals surface area (Å²) in [7, 11) is -7.45. The van der Waals surface area contributed by atoms with Crippen molar-refractivity contribution in [2.45, 2.75) is 81.5 Å². The maximum atomic E-state index is 13.7. The fourth-order valence-electron chi connectivity index (χ4n) is 7.08. The number of hydrogen-bond acceptors (Lipinski definition) is 9. The number of sulfonamides is 1. The summed E-state index contributed by atoms with van der Waals surface area (Å²) in [5.74, 6) is 0. The molecule has 1 aliphatic heterocycles. The number of rotatable bonds is 14. The number of aryl methyl sites for hydroxylation is 1. The van der Waals surface area contributed by atoms with Crippen molar-refractivity contribution in [1.82, 2.24) is 4.72 Å². The minimum atomic E-state index is -4.33. The summed E-state index contributed by atoms with van der Waals surface area (Å²) in [6.45, 7) is 8.32. The molecule has 6 rings (SSSR count). The number of ether oxygens (including phenoxy) is 4. The highest BCUT2D eigenvalue weighted by Gasteiger charge is 2.54. The lowest BCUT2D eigenvalue weighted by atomic mass is 9.98. The number of nitrogens with one attached hydrogen (secondary N) is 1. The van der Waals surface area contributed by atoms with Crippen LogP contribution in [0.5, 0.6) is 0 Å². The number of carbonyl (C=O) groups excluding carboxylic acids is 1. The minimum absolute atomic E-state index is 0.0315. The van der Waals surface area contributed by atoms with E-state index >= 15 is 0 Å². The monoisotopic (exact) mass is 795 g/mol. The van der Waals surface area contributed by atoms with Gasteiger partial charge in [-0.15, -0.1) is 0 Å². The molecule has 12 heteroatoms. The first-order chi connectivity index (χ1) is 26.9. The van der Waals surface area contributed by atoms with Gasteiger partial charge in [-0.05, 0) is 45.6 Å². The summed E-state index contributed by atoms with van der Waals surface area (Å²) in [4.78, 5) is 13.6. The first-order valence-electron chi connectivity index (χ1n) is 18.6. The zero-order valence-electron chi connectivity index (χ0n) is 32.0. The molecule has 1 fully saturated rings. The van der Waals surface area contributed by atoms with Gasteiger partial charge >= 0.3 is 6.09 Å². The average Bonchev–Trinajstić information content (AvgIpc) is 3.18. The van der Waals surface area contributed by atoms with Gasteiger partial charge in [0, 0.05) is 0 Å². The van der Waals surface area contributed by atoms with Crippen LogP contribution in [0.1, 0.15) is 37.5 Å². The summed E-state index contributed by atoms with van der Waals surface area (Å²) in [5.41, 5.74) is 2.48. The molecule has 1 heterocycles. The summed E-state index contributed by atoms with van der Waals surface area (Å²) in [6.07, 6.45) is -7.61. The SMILES string of the molecule is Cc1ccc(S(=O)(=O)NC(=O)O[C@H]2[C@H](OCc3ccccc3)[C@@H](CO[Si](c3ccccc3)(c3ccccc3)C(C)(C)C)OC(O)[C@@H]2OCc2ccccc2)cc1. The molecule has 56 heavy (non-hydrogen) atoms. The molecule has 1 unspecified atom stereocenters. The van der Waals surface area contributed by atoms with Crippen molar-refractivity contribution in [2.75, 3.05) is 6.61 Å². The lowest BCUT2D eigenvalue weighted by molar-refractivity contribution is -0.304. The predicted octanol–water partition coefficient (Wildman–Crippen LogP) is 6.24. The summed E-state index contributed by atoms with van der Waals surface area (Å²) >= 11 is 0. The van der Waals surface area contributed by atoms with E-state index in [1.165, 1.54) is 12.1 Å². The van der Waals surface area contributed by atoms with Crippen molar-refractivity contribution in [2.24, 2.45) is 0 Å². The van der Waals surface area contributed by atoms with E-state index in [9.17, 15) is 18.3 Å². The quantitative estimate of drug-likeness (QED) is 0.126. The van der Waals surface area contributed by atoms with Crippen LogP contribution in [-0.4, -0.2) is 65.2 Å². The van der Waals surface area contributed by atoms with E-state index in [0.29, 0.717) is 0 Å². The van der Waals surface area contributed by atoms with Crippen molar-refractivity contribution in [3.8, 4) is 0 Å². The molecule has 0 aliphatic carbocycles. The van der Waals surface area contributed by atoms with Gasteiger partial charge in [-0.25, -0.2) is 17.9 Å². The van der Waals surface area contributed by atoms with Crippen LogP contribution in [0, 0.1) is 6.92 Å². The number of aliphatic hydroxyl groups is 1. The van der Waals surface area contributed by atoms with E-state index in [-0.39, 0.29) is 29.8 Å². The Balaban J connectivity index is 1.37. The maximum absolute atomic E-state index is 13.7. The van der Waals surface area contributed by atoms with Crippen molar-refractivity contribution in [1.29, 1.82) is 0 Å². The van der Waals surface area contributed by atoms with E-state index in [4.69, 9.17) is 23.4 Å².